The van der Waals surface area contributed by atoms with Gasteiger partial charge in [0.15, 0.2) is 22.6 Å². The first-order chi connectivity index (χ1) is 14.2. The smallest absolute Gasteiger partial charge is 0.303 e. The quantitative estimate of drug-likeness (QED) is 0.463. The van der Waals surface area contributed by atoms with Crippen LogP contribution in [-0.2, 0) is 9.53 Å². The molecule has 3 aromatic rings. The summed E-state index contributed by atoms with van der Waals surface area (Å²) in [6.07, 6.45) is 0.469. The van der Waals surface area contributed by atoms with Crippen molar-refractivity contribution in [3.05, 3.63) is 56.1 Å². The van der Waals surface area contributed by atoms with Gasteiger partial charge in [-0.3, -0.25) is 19.7 Å². The van der Waals surface area contributed by atoms with Crippen molar-refractivity contribution in [1.82, 2.24) is 9.97 Å². The molecule has 0 radical (unpaired) electrons. The molecule has 0 aliphatic heterocycles. The molecule has 11 heteroatoms. The minimum Gasteiger partial charge on any atom is -0.456 e. The number of carbonyl (C=O) groups excluding carboxylic acids is 2. The van der Waals surface area contributed by atoms with Crippen LogP contribution in [0.25, 0.3) is 10.9 Å². The molecule has 30 heavy (non-hydrogen) atoms. The third-order valence-corrected chi connectivity index (χ3v) is 5.11. The van der Waals surface area contributed by atoms with Crippen molar-refractivity contribution in [2.24, 2.45) is 0 Å². The Kier molecular flexibility index (Phi) is 5.92. The van der Waals surface area contributed by atoms with Gasteiger partial charge >= 0.3 is 5.97 Å². The number of aromatic amines is 1. The molecule has 0 fully saturated rings. The summed E-state index contributed by atoms with van der Waals surface area (Å²) in [5.74, 6) is -6.67. The van der Waals surface area contributed by atoms with Gasteiger partial charge in [0.1, 0.15) is 11.7 Å². The van der Waals surface area contributed by atoms with Gasteiger partial charge in [0, 0.05) is 24.1 Å². The summed E-state index contributed by atoms with van der Waals surface area (Å²) in [6, 6.07) is 0. The number of esters is 1. The first kappa shape index (κ1) is 21.5. The standard InChI is InChI=1S/C19H16F3N3O4S/c1-4-9(29-8(3)26)16-11(18(28)25-19-23-5-6-30-19)17(27)10-13(21)14(22)12(20)7(2)15(10)24-16/h5-6,9H,4H2,1-3H3,(H,24,27)(H,23,25,28). The van der Waals surface area contributed by atoms with E-state index in [4.69, 9.17) is 4.74 Å². The van der Waals surface area contributed by atoms with Gasteiger partial charge in [-0.1, -0.05) is 6.92 Å². The second-order valence-electron chi connectivity index (χ2n) is 6.36. The van der Waals surface area contributed by atoms with Crippen LogP contribution in [0.2, 0.25) is 0 Å². The fourth-order valence-electron chi connectivity index (χ4n) is 3.05. The first-order valence-corrected chi connectivity index (χ1v) is 9.66. The second-order valence-corrected chi connectivity index (χ2v) is 7.25. The number of benzene rings is 1. The Balaban J connectivity index is 2.36. The minimum atomic E-state index is -1.82. The lowest BCUT2D eigenvalue weighted by atomic mass is 10.00. The molecule has 0 aliphatic rings. The van der Waals surface area contributed by atoms with Crippen molar-refractivity contribution in [1.29, 1.82) is 0 Å². The molecule has 0 bridgehead atoms. The van der Waals surface area contributed by atoms with Crippen molar-refractivity contribution >= 4 is 39.2 Å². The highest BCUT2D eigenvalue weighted by atomic mass is 32.1. The summed E-state index contributed by atoms with van der Waals surface area (Å²) < 4.78 is 47.7. The number of rotatable bonds is 5. The molecule has 1 unspecified atom stereocenters. The molecule has 1 amide bonds. The summed E-state index contributed by atoms with van der Waals surface area (Å²) in [6.45, 7) is 3.91. The molecular weight excluding hydrogens is 423 g/mol. The fraction of sp³-hybridized carbons (Fsp3) is 0.263. The van der Waals surface area contributed by atoms with Gasteiger partial charge in [0.05, 0.1) is 16.6 Å². The summed E-state index contributed by atoms with van der Waals surface area (Å²) in [5.41, 5.74) is -2.60. The number of nitrogens with one attached hydrogen (secondary N) is 2. The maximum atomic E-state index is 14.5. The highest BCUT2D eigenvalue weighted by Gasteiger charge is 2.30. The van der Waals surface area contributed by atoms with Gasteiger partial charge in [-0.05, 0) is 13.3 Å². The highest BCUT2D eigenvalue weighted by molar-refractivity contribution is 7.13. The molecule has 0 saturated carbocycles. The van der Waals surface area contributed by atoms with Gasteiger partial charge in [0.25, 0.3) is 5.91 Å². The van der Waals surface area contributed by atoms with E-state index < -0.39 is 51.8 Å². The molecular formula is C19H16F3N3O4S. The zero-order chi connectivity index (χ0) is 22.2. The Bertz CT molecular complexity index is 1210. The van der Waals surface area contributed by atoms with Gasteiger partial charge in [-0.2, -0.15) is 0 Å². The topological polar surface area (TPSA) is 101 Å². The third kappa shape index (κ3) is 3.67. The molecule has 2 N–H and O–H groups in total. The normalized spacial score (nSPS) is 12.1. The van der Waals surface area contributed by atoms with Crippen molar-refractivity contribution in [3.8, 4) is 0 Å². The third-order valence-electron chi connectivity index (χ3n) is 4.42. The number of ether oxygens (including phenoxy) is 1. The van der Waals surface area contributed by atoms with Crippen LogP contribution in [0, 0.1) is 24.4 Å². The Morgan fingerprint density at radius 3 is 2.53 bits per heavy atom. The summed E-state index contributed by atoms with van der Waals surface area (Å²) in [4.78, 5) is 44.0. The molecule has 7 nitrogen and oxygen atoms in total. The first-order valence-electron chi connectivity index (χ1n) is 8.78. The zero-order valence-corrected chi connectivity index (χ0v) is 16.9. The Morgan fingerprint density at radius 1 is 1.27 bits per heavy atom. The maximum absolute atomic E-state index is 14.5. The lowest BCUT2D eigenvalue weighted by molar-refractivity contribution is -0.147. The maximum Gasteiger partial charge on any atom is 0.303 e. The number of aromatic nitrogens is 2. The summed E-state index contributed by atoms with van der Waals surface area (Å²) in [5, 5.41) is 3.33. The Hall–Kier alpha value is -3.21. The molecule has 2 aromatic heterocycles. The van der Waals surface area contributed by atoms with Crippen LogP contribution < -0.4 is 10.7 Å². The van der Waals surface area contributed by atoms with Gasteiger partial charge in [-0.15, -0.1) is 11.3 Å². The number of hydrogen-bond acceptors (Lipinski definition) is 6. The second kappa shape index (κ2) is 8.27. The van der Waals surface area contributed by atoms with Crippen LogP contribution in [0.15, 0.2) is 16.4 Å². The summed E-state index contributed by atoms with van der Waals surface area (Å²) in [7, 11) is 0. The predicted octanol–water partition coefficient (Wildman–Crippen LogP) is 3.98. The number of hydrogen-bond donors (Lipinski definition) is 2. The van der Waals surface area contributed by atoms with Gasteiger partial charge in [-0.25, -0.2) is 18.2 Å². The number of halogens is 3. The van der Waals surface area contributed by atoms with E-state index >= 15 is 0 Å². The zero-order valence-electron chi connectivity index (χ0n) is 16.1. The molecule has 3 rings (SSSR count). The fourth-order valence-corrected chi connectivity index (χ4v) is 3.57. The van der Waals surface area contributed by atoms with Crippen molar-refractivity contribution in [3.63, 3.8) is 0 Å². The SMILES string of the molecule is CCC(OC(C)=O)c1[nH]c2c(C)c(F)c(F)c(F)c2c(=O)c1C(=O)Nc1nccs1. The average Bonchev–Trinajstić information content (AvgIpc) is 3.20. The average molecular weight is 439 g/mol. The van der Waals surface area contributed by atoms with E-state index in [1.165, 1.54) is 6.20 Å². The number of anilines is 1. The number of thiazole rings is 1. The van der Waals surface area contributed by atoms with E-state index in [0.29, 0.717) is 0 Å². The number of fused-ring (bicyclic) bond motifs is 1. The van der Waals surface area contributed by atoms with Crippen molar-refractivity contribution in [2.45, 2.75) is 33.3 Å². The number of amides is 1. The molecule has 1 aromatic carbocycles. The lowest BCUT2D eigenvalue weighted by Gasteiger charge is -2.20. The molecule has 0 aliphatic carbocycles. The van der Waals surface area contributed by atoms with Crippen LogP contribution in [-0.4, -0.2) is 21.8 Å². The van der Waals surface area contributed by atoms with E-state index in [1.54, 1.807) is 12.3 Å². The molecule has 158 valence electrons. The van der Waals surface area contributed by atoms with E-state index in [2.05, 4.69) is 15.3 Å². The summed E-state index contributed by atoms with van der Waals surface area (Å²) >= 11 is 1.07. The van der Waals surface area contributed by atoms with Gasteiger partial charge in [0.2, 0.25) is 5.43 Å². The number of pyridine rings is 1. The van der Waals surface area contributed by atoms with Crippen LogP contribution in [0.3, 0.4) is 0 Å². The minimum absolute atomic E-state index is 0.143. The van der Waals surface area contributed by atoms with Crippen LogP contribution >= 0.6 is 11.3 Å². The van der Waals surface area contributed by atoms with E-state index in [0.717, 1.165) is 25.2 Å². The largest absolute Gasteiger partial charge is 0.456 e. The van der Waals surface area contributed by atoms with Crippen molar-refractivity contribution in [2.75, 3.05) is 5.32 Å². The van der Waals surface area contributed by atoms with Crippen LogP contribution in [0.4, 0.5) is 18.3 Å². The number of H-pyrrole nitrogens is 1. The van der Waals surface area contributed by atoms with E-state index in [9.17, 15) is 27.6 Å². The van der Waals surface area contributed by atoms with Crippen molar-refractivity contribution < 1.29 is 27.5 Å². The van der Waals surface area contributed by atoms with E-state index in [-0.39, 0.29) is 28.3 Å². The number of carbonyl (C=O) groups is 2. The predicted molar refractivity (Wildman–Crippen MR) is 104 cm³/mol. The lowest BCUT2D eigenvalue weighted by Crippen LogP contribution is -2.28. The van der Waals surface area contributed by atoms with E-state index in [1.807, 2.05) is 0 Å². The van der Waals surface area contributed by atoms with Crippen LogP contribution in [0.1, 0.15) is 48.0 Å². The number of aryl methyl sites for hydroxylation is 1. The van der Waals surface area contributed by atoms with Gasteiger partial charge < -0.3 is 9.72 Å². The van der Waals surface area contributed by atoms with Crippen LogP contribution in [0.5, 0.6) is 0 Å². The molecule has 0 spiro atoms. The molecule has 2 heterocycles. The molecule has 1 atom stereocenters. The molecule has 0 saturated heterocycles. The monoisotopic (exact) mass is 439 g/mol. The number of nitrogens with zero attached hydrogens (tertiary/aromatic N) is 1. The Labute approximate surface area is 171 Å². The Morgan fingerprint density at radius 2 is 1.97 bits per heavy atom. The highest BCUT2D eigenvalue weighted by Crippen LogP contribution is 2.29.